The number of hydrogen-bond acceptors (Lipinski definition) is 7. The van der Waals surface area contributed by atoms with Crippen LogP contribution in [0.15, 0.2) is 18.2 Å². The molecule has 2 atom stereocenters. The monoisotopic (exact) mass is 377 g/mol. The number of ketones is 1. The number of Topliss-reactive ketones (excluding diaryl/α,β-unsaturated/α-hetero) is 1. The van der Waals surface area contributed by atoms with Crippen LogP contribution < -0.4 is 9.47 Å². The number of carbonyl (C=O) groups is 2. The second-order valence-corrected chi connectivity index (χ2v) is 7.93. The summed E-state index contributed by atoms with van der Waals surface area (Å²) in [5, 5.41) is 11.4. The molecule has 0 saturated heterocycles. The third-order valence-electron chi connectivity index (χ3n) is 4.96. The van der Waals surface area contributed by atoms with E-state index in [1.807, 2.05) is 0 Å². The molecule has 1 aliphatic carbocycles. The highest BCUT2D eigenvalue weighted by molar-refractivity contribution is 6.06. The normalized spacial score (nSPS) is 22.6. The molecule has 8 nitrogen and oxygen atoms in total. The Balaban J connectivity index is 2.08. The summed E-state index contributed by atoms with van der Waals surface area (Å²) in [5.74, 6) is -0.955. The van der Waals surface area contributed by atoms with Crippen LogP contribution in [-0.4, -0.2) is 35.6 Å². The summed E-state index contributed by atoms with van der Waals surface area (Å²) in [6, 6.07) is 4.92. The molecule has 27 heavy (non-hydrogen) atoms. The first-order valence-corrected chi connectivity index (χ1v) is 8.91. The Hall–Kier alpha value is -2.64. The first-order chi connectivity index (χ1) is 12.6. The average Bonchev–Trinajstić information content (AvgIpc) is 3.17. The highest BCUT2D eigenvalue weighted by Gasteiger charge is 2.58. The van der Waals surface area contributed by atoms with Gasteiger partial charge in [0.15, 0.2) is 17.3 Å². The van der Waals surface area contributed by atoms with Gasteiger partial charge >= 0.3 is 5.97 Å². The zero-order valence-corrected chi connectivity index (χ0v) is 15.6. The second kappa shape index (κ2) is 6.83. The molecule has 0 unspecified atom stereocenters. The lowest BCUT2D eigenvalue weighted by Crippen LogP contribution is -2.47. The van der Waals surface area contributed by atoms with Gasteiger partial charge in [-0.1, -0.05) is 6.07 Å². The largest absolute Gasteiger partial charge is 0.459 e. The zero-order chi connectivity index (χ0) is 19.8. The topological polar surface area (TPSA) is 105 Å². The Morgan fingerprint density at radius 1 is 1.33 bits per heavy atom. The Morgan fingerprint density at radius 3 is 2.63 bits per heavy atom. The van der Waals surface area contributed by atoms with Crippen LogP contribution in [0.25, 0.3) is 0 Å². The molecule has 0 bridgehead atoms. The maximum Gasteiger partial charge on any atom is 0.321 e. The predicted molar refractivity (Wildman–Crippen MR) is 94.3 cm³/mol. The van der Waals surface area contributed by atoms with E-state index >= 15 is 0 Å². The fourth-order valence-electron chi connectivity index (χ4n) is 3.81. The van der Waals surface area contributed by atoms with E-state index in [-0.39, 0.29) is 25.4 Å². The molecular weight excluding hydrogens is 354 g/mol. The summed E-state index contributed by atoms with van der Waals surface area (Å²) in [4.78, 5) is 36.9. The van der Waals surface area contributed by atoms with Crippen LogP contribution in [0.5, 0.6) is 11.5 Å². The molecular formula is C19H23NO7. The Kier molecular flexibility index (Phi) is 4.84. The van der Waals surface area contributed by atoms with Gasteiger partial charge in [-0.25, -0.2) is 0 Å². The van der Waals surface area contributed by atoms with Crippen molar-refractivity contribution >= 4 is 11.8 Å². The van der Waals surface area contributed by atoms with Crippen molar-refractivity contribution in [3.05, 3.63) is 33.9 Å². The predicted octanol–water partition coefficient (Wildman–Crippen LogP) is 2.86. The number of hydrogen-bond donors (Lipinski definition) is 0. The number of fused-ring (bicyclic) bond motifs is 1. The van der Waals surface area contributed by atoms with Crippen LogP contribution in [0.2, 0.25) is 0 Å². The molecule has 146 valence electrons. The summed E-state index contributed by atoms with van der Waals surface area (Å²) in [5.41, 5.74) is -1.87. The highest BCUT2D eigenvalue weighted by Crippen LogP contribution is 2.49. The van der Waals surface area contributed by atoms with Crippen molar-refractivity contribution in [2.75, 3.05) is 13.3 Å². The lowest BCUT2D eigenvalue weighted by Gasteiger charge is -2.34. The molecule has 1 saturated carbocycles. The van der Waals surface area contributed by atoms with Crippen molar-refractivity contribution in [1.29, 1.82) is 0 Å². The fourth-order valence-corrected chi connectivity index (χ4v) is 3.81. The van der Waals surface area contributed by atoms with E-state index < -0.39 is 34.4 Å². The van der Waals surface area contributed by atoms with Crippen molar-refractivity contribution in [2.45, 2.75) is 51.6 Å². The number of nitrogens with zero attached hydrogens (tertiary/aromatic N) is 1. The zero-order valence-electron chi connectivity index (χ0n) is 15.6. The van der Waals surface area contributed by atoms with Crippen LogP contribution in [0.3, 0.4) is 0 Å². The van der Waals surface area contributed by atoms with Crippen LogP contribution >= 0.6 is 0 Å². The molecule has 0 aromatic heterocycles. The maximum absolute atomic E-state index is 13.1. The standard InChI is InChI=1S/C19H23NO7/c1-18(2,3)27-17(22)19(8-4-5-16(19)21)13(10-20(23)24)12-6-7-14-15(9-12)26-11-25-14/h6-7,9,13H,4-5,8,10-11H2,1-3H3/t13-,19+/m0/s1. The maximum atomic E-state index is 13.1. The first kappa shape index (κ1) is 19.1. The van der Waals surface area contributed by atoms with Gasteiger partial charge < -0.3 is 14.2 Å². The van der Waals surface area contributed by atoms with E-state index in [2.05, 4.69) is 0 Å². The van der Waals surface area contributed by atoms with Crippen LogP contribution in [0.4, 0.5) is 0 Å². The van der Waals surface area contributed by atoms with E-state index in [0.29, 0.717) is 23.5 Å². The number of rotatable bonds is 5. The Labute approximate surface area is 156 Å². The van der Waals surface area contributed by atoms with Gasteiger partial charge in [0, 0.05) is 11.3 Å². The molecule has 0 spiro atoms. The quantitative estimate of drug-likeness (QED) is 0.336. The van der Waals surface area contributed by atoms with Crippen molar-refractivity contribution in [3.63, 3.8) is 0 Å². The van der Waals surface area contributed by atoms with Crippen molar-refractivity contribution < 1.29 is 28.7 Å². The molecule has 1 aromatic rings. The number of nitro groups is 1. The van der Waals surface area contributed by atoms with E-state index in [1.54, 1.807) is 39.0 Å². The van der Waals surface area contributed by atoms with Gasteiger partial charge in [0.2, 0.25) is 13.3 Å². The van der Waals surface area contributed by atoms with Gasteiger partial charge in [-0.05, 0) is 51.3 Å². The second-order valence-electron chi connectivity index (χ2n) is 7.93. The van der Waals surface area contributed by atoms with E-state index in [1.165, 1.54) is 0 Å². The van der Waals surface area contributed by atoms with Crippen LogP contribution in [0, 0.1) is 15.5 Å². The Bertz CT molecular complexity index is 783. The minimum atomic E-state index is -1.56. The summed E-state index contributed by atoms with van der Waals surface area (Å²) in [6.07, 6.45) is 0.933. The molecule has 0 amide bonds. The average molecular weight is 377 g/mol. The molecule has 2 aliphatic rings. The third-order valence-corrected chi connectivity index (χ3v) is 4.96. The molecule has 1 heterocycles. The molecule has 1 aliphatic heterocycles. The molecule has 8 heteroatoms. The summed E-state index contributed by atoms with van der Waals surface area (Å²) in [6.45, 7) is 4.64. The fraction of sp³-hybridized carbons (Fsp3) is 0.579. The number of esters is 1. The molecule has 1 aromatic carbocycles. The first-order valence-electron chi connectivity index (χ1n) is 8.91. The van der Waals surface area contributed by atoms with Crippen molar-refractivity contribution in [3.8, 4) is 11.5 Å². The van der Waals surface area contributed by atoms with Gasteiger partial charge in [0.1, 0.15) is 11.0 Å². The molecule has 0 N–H and O–H groups in total. The van der Waals surface area contributed by atoms with E-state index in [9.17, 15) is 19.7 Å². The number of carbonyl (C=O) groups excluding carboxylic acids is 2. The van der Waals surface area contributed by atoms with Crippen LogP contribution in [0.1, 0.15) is 51.5 Å². The van der Waals surface area contributed by atoms with E-state index in [0.717, 1.165) is 0 Å². The van der Waals surface area contributed by atoms with Gasteiger partial charge in [-0.2, -0.15) is 0 Å². The number of benzene rings is 1. The molecule has 3 rings (SSSR count). The Morgan fingerprint density at radius 2 is 2.04 bits per heavy atom. The van der Waals surface area contributed by atoms with Crippen molar-refractivity contribution in [1.82, 2.24) is 0 Å². The molecule has 1 fully saturated rings. The lowest BCUT2D eigenvalue weighted by atomic mass is 9.69. The van der Waals surface area contributed by atoms with E-state index in [4.69, 9.17) is 14.2 Å². The number of ether oxygens (including phenoxy) is 3. The smallest absolute Gasteiger partial charge is 0.321 e. The summed E-state index contributed by atoms with van der Waals surface area (Å²) >= 11 is 0. The summed E-state index contributed by atoms with van der Waals surface area (Å²) in [7, 11) is 0. The van der Waals surface area contributed by atoms with Crippen LogP contribution in [-0.2, 0) is 14.3 Å². The van der Waals surface area contributed by atoms with Gasteiger partial charge in [0.25, 0.3) is 0 Å². The minimum Gasteiger partial charge on any atom is -0.459 e. The molecule has 0 radical (unpaired) electrons. The third kappa shape index (κ3) is 3.61. The van der Waals surface area contributed by atoms with Gasteiger partial charge in [-0.3, -0.25) is 19.7 Å². The van der Waals surface area contributed by atoms with Gasteiger partial charge in [-0.15, -0.1) is 0 Å². The van der Waals surface area contributed by atoms with Crippen molar-refractivity contribution in [2.24, 2.45) is 5.41 Å². The van der Waals surface area contributed by atoms with Gasteiger partial charge in [0.05, 0.1) is 5.92 Å². The SMILES string of the molecule is CC(C)(C)OC(=O)[C@@]1([C@@H](C[N+](=O)[O-])c2ccc3c(c2)OCO3)CCCC1=O. The highest BCUT2D eigenvalue weighted by atomic mass is 16.7. The summed E-state index contributed by atoms with van der Waals surface area (Å²) < 4.78 is 16.2. The minimum absolute atomic E-state index is 0.0643. The lowest BCUT2D eigenvalue weighted by molar-refractivity contribution is -0.485.